The molecule has 3 heterocycles. The average molecular weight is 407 g/mol. The first-order valence-electron chi connectivity index (χ1n) is 8.79. The van der Waals surface area contributed by atoms with Crippen molar-refractivity contribution in [3.63, 3.8) is 0 Å². The lowest BCUT2D eigenvalue weighted by atomic mass is 10.1. The summed E-state index contributed by atoms with van der Waals surface area (Å²) in [5.74, 6) is -0.0660. The van der Waals surface area contributed by atoms with E-state index in [1.165, 1.54) is 21.9 Å². The second kappa shape index (κ2) is 8.29. The molecule has 1 unspecified atom stereocenters. The molecule has 0 bridgehead atoms. The SMILES string of the molecule is CCc1csc(C(C#N)c2ccnc(NC3CCN(S(C)(=O)=O)CC3)n2)n1. The van der Waals surface area contributed by atoms with Gasteiger partial charge in [-0.15, -0.1) is 11.3 Å². The van der Waals surface area contributed by atoms with E-state index in [0.29, 0.717) is 37.6 Å². The van der Waals surface area contributed by atoms with E-state index in [2.05, 4.69) is 26.3 Å². The summed E-state index contributed by atoms with van der Waals surface area (Å²) < 4.78 is 24.7. The highest BCUT2D eigenvalue weighted by atomic mass is 32.2. The molecule has 144 valence electrons. The minimum Gasteiger partial charge on any atom is -0.351 e. The Hall–Kier alpha value is -2.09. The van der Waals surface area contributed by atoms with Crippen LogP contribution in [0.4, 0.5) is 5.95 Å². The van der Waals surface area contributed by atoms with E-state index in [0.717, 1.165) is 17.1 Å². The first-order valence-corrected chi connectivity index (χ1v) is 11.5. The van der Waals surface area contributed by atoms with Gasteiger partial charge in [0.15, 0.2) is 0 Å². The fourth-order valence-corrected chi connectivity index (χ4v) is 4.81. The van der Waals surface area contributed by atoms with E-state index in [1.807, 2.05) is 12.3 Å². The van der Waals surface area contributed by atoms with Crippen LogP contribution in [-0.2, 0) is 16.4 Å². The van der Waals surface area contributed by atoms with Gasteiger partial charge < -0.3 is 5.32 Å². The monoisotopic (exact) mass is 406 g/mol. The zero-order valence-corrected chi connectivity index (χ0v) is 16.9. The second-order valence-electron chi connectivity index (χ2n) is 6.48. The fraction of sp³-hybridized carbons (Fsp3) is 0.529. The van der Waals surface area contributed by atoms with Crippen LogP contribution in [0.5, 0.6) is 0 Å². The third-order valence-electron chi connectivity index (χ3n) is 4.54. The van der Waals surface area contributed by atoms with Gasteiger partial charge in [0.2, 0.25) is 16.0 Å². The molecule has 0 spiro atoms. The minimum atomic E-state index is -3.14. The molecule has 1 aliphatic rings. The molecule has 1 atom stereocenters. The first kappa shape index (κ1) is 19.7. The number of aryl methyl sites for hydroxylation is 1. The highest BCUT2D eigenvalue weighted by Gasteiger charge is 2.25. The Bertz CT molecular complexity index is 929. The van der Waals surface area contributed by atoms with Crippen LogP contribution in [-0.4, -0.2) is 53.1 Å². The fourth-order valence-electron chi connectivity index (χ4n) is 2.98. The van der Waals surface area contributed by atoms with Gasteiger partial charge in [-0.2, -0.15) is 5.26 Å². The maximum atomic E-state index is 11.6. The van der Waals surface area contributed by atoms with Crippen molar-refractivity contribution >= 4 is 27.3 Å². The lowest BCUT2D eigenvalue weighted by Crippen LogP contribution is -2.42. The molecule has 1 fully saturated rings. The topological polar surface area (TPSA) is 112 Å². The number of aromatic nitrogens is 3. The first-order chi connectivity index (χ1) is 12.9. The van der Waals surface area contributed by atoms with Crippen LogP contribution in [0.15, 0.2) is 17.6 Å². The number of anilines is 1. The quantitative estimate of drug-likeness (QED) is 0.780. The second-order valence-corrected chi connectivity index (χ2v) is 9.35. The van der Waals surface area contributed by atoms with Gasteiger partial charge in [-0.3, -0.25) is 0 Å². The summed E-state index contributed by atoms with van der Waals surface area (Å²) in [6.45, 7) is 2.99. The van der Waals surface area contributed by atoms with Gasteiger partial charge in [0.25, 0.3) is 0 Å². The number of hydrogen-bond donors (Lipinski definition) is 1. The Balaban J connectivity index is 1.69. The number of sulfonamides is 1. The van der Waals surface area contributed by atoms with Gasteiger partial charge in [0, 0.05) is 30.7 Å². The number of nitrogens with zero attached hydrogens (tertiary/aromatic N) is 5. The molecule has 2 aromatic heterocycles. The third-order valence-corrected chi connectivity index (χ3v) is 6.80. The largest absolute Gasteiger partial charge is 0.351 e. The maximum absolute atomic E-state index is 11.6. The Kier molecular flexibility index (Phi) is 6.04. The lowest BCUT2D eigenvalue weighted by molar-refractivity contribution is 0.331. The van der Waals surface area contributed by atoms with Crippen molar-refractivity contribution in [3.8, 4) is 6.07 Å². The predicted octanol–water partition coefficient (Wildman–Crippen LogP) is 1.99. The van der Waals surface area contributed by atoms with Crippen molar-refractivity contribution < 1.29 is 8.42 Å². The molecule has 2 aromatic rings. The average Bonchev–Trinajstić information content (AvgIpc) is 3.11. The van der Waals surface area contributed by atoms with Gasteiger partial charge >= 0.3 is 0 Å². The minimum absolute atomic E-state index is 0.102. The number of piperidine rings is 1. The Labute approximate surface area is 163 Å². The summed E-state index contributed by atoms with van der Waals surface area (Å²) >= 11 is 1.47. The number of rotatable bonds is 6. The van der Waals surface area contributed by atoms with Crippen molar-refractivity contribution in [2.24, 2.45) is 0 Å². The molecular formula is C17H22N6O2S2. The van der Waals surface area contributed by atoms with Gasteiger partial charge in [0.1, 0.15) is 10.9 Å². The highest BCUT2D eigenvalue weighted by molar-refractivity contribution is 7.88. The third kappa shape index (κ3) is 4.80. The predicted molar refractivity (Wildman–Crippen MR) is 104 cm³/mol. The molecule has 27 heavy (non-hydrogen) atoms. The van der Waals surface area contributed by atoms with Crippen molar-refractivity contribution in [1.29, 1.82) is 5.26 Å². The van der Waals surface area contributed by atoms with E-state index < -0.39 is 15.9 Å². The molecule has 1 N–H and O–H groups in total. The molecule has 8 nitrogen and oxygen atoms in total. The summed E-state index contributed by atoms with van der Waals surface area (Å²) in [6.07, 6.45) is 5.08. The lowest BCUT2D eigenvalue weighted by Gasteiger charge is -2.30. The van der Waals surface area contributed by atoms with Crippen molar-refractivity contribution in [2.75, 3.05) is 24.7 Å². The van der Waals surface area contributed by atoms with Gasteiger partial charge in [-0.1, -0.05) is 6.92 Å². The summed E-state index contributed by atoms with van der Waals surface area (Å²) in [6, 6.07) is 4.12. The number of hydrogen-bond acceptors (Lipinski definition) is 8. The smallest absolute Gasteiger partial charge is 0.223 e. The number of nitriles is 1. The van der Waals surface area contributed by atoms with Gasteiger partial charge in [-0.05, 0) is 25.3 Å². The molecule has 0 aromatic carbocycles. The maximum Gasteiger partial charge on any atom is 0.223 e. The summed E-state index contributed by atoms with van der Waals surface area (Å²) in [5, 5.41) is 15.6. The summed E-state index contributed by atoms with van der Waals surface area (Å²) in [5.41, 5.74) is 1.58. The van der Waals surface area contributed by atoms with E-state index >= 15 is 0 Å². The zero-order chi connectivity index (χ0) is 19.4. The highest BCUT2D eigenvalue weighted by Crippen LogP contribution is 2.26. The van der Waals surface area contributed by atoms with Crippen molar-refractivity contribution in [2.45, 2.75) is 38.1 Å². The molecule has 10 heteroatoms. The van der Waals surface area contributed by atoms with Gasteiger partial charge in [-0.25, -0.2) is 27.7 Å². The molecule has 0 radical (unpaired) electrons. The van der Waals surface area contributed by atoms with E-state index in [9.17, 15) is 13.7 Å². The number of thiazole rings is 1. The summed E-state index contributed by atoms with van der Waals surface area (Å²) in [7, 11) is -3.14. The molecule has 0 saturated carbocycles. The van der Waals surface area contributed by atoms with Crippen LogP contribution >= 0.6 is 11.3 Å². The van der Waals surface area contributed by atoms with Crippen molar-refractivity contribution in [1.82, 2.24) is 19.3 Å². The van der Waals surface area contributed by atoms with Crippen LogP contribution in [0.2, 0.25) is 0 Å². The summed E-state index contributed by atoms with van der Waals surface area (Å²) in [4.78, 5) is 13.3. The Morgan fingerprint density at radius 1 is 1.41 bits per heavy atom. The van der Waals surface area contributed by atoms with E-state index in [1.54, 1.807) is 12.3 Å². The standard InChI is InChI=1S/C17H22N6O2S2/c1-3-12-11-26-16(20-12)14(10-18)15-4-7-19-17(22-15)21-13-5-8-23(9-6-13)27(2,24)25/h4,7,11,13-14H,3,5-6,8-9H2,1-2H3,(H,19,21,22). The van der Waals surface area contributed by atoms with Crippen molar-refractivity contribution in [3.05, 3.63) is 34.0 Å². The number of nitrogens with one attached hydrogen (secondary N) is 1. The van der Waals surface area contributed by atoms with Crippen LogP contribution in [0.3, 0.4) is 0 Å². The van der Waals surface area contributed by atoms with E-state index in [4.69, 9.17) is 0 Å². The molecule has 3 rings (SSSR count). The molecule has 1 saturated heterocycles. The van der Waals surface area contributed by atoms with Crippen LogP contribution in [0.1, 0.15) is 42.1 Å². The van der Waals surface area contributed by atoms with Gasteiger partial charge in [0.05, 0.1) is 23.7 Å². The molecular weight excluding hydrogens is 384 g/mol. The molecule has 0 aliphatic carbocycles. The Morgan fingerprint density at radius 2 is 2.15 bits per heavy atom. The molecule has 1 aliphatic heterocycles. The van der Waals surface area contributed by atoms with Crippen LogP contribution in [0.25, 0.3) is 0 Å². The molecule has 0 amide bonds. The zero-order valence-electron chi connectivity index (χ0n) is 15.3. The van der Waals surface area contributed by atoms with E-state index in [-0.39, 0.29) is 6.04 Å². The van der Waals surface area contributed by atoms with Crippen LogP contribution in [0, 0.1) is 11.3 Å². The normalized spacial score (nSPS) is 17.4. The Morgan fingerprint density at radius 3 is 2.74 bits per heavy atom. The van der Waals surface area contributed by atoms with Crippen LogP contribution < -0.4 is 5.32 Å².